The molecular weight excluding hydrogens is 156 g/mol. The third kappa shape index (κ3) is 9.92. The highest BCUT2D eigenvalue weighted by Crippen LogP contribution is 2.15. The molecule has 0 nitrogen and oxygen atoms in total. The molecule has 0 amide bonds. The summed E-state index contributed by atoms with van der Waals surface area (Å²) in [6, 6.07) is 0. The molecule has 0 aromatic rings. The maximum Gasteiger partial charge on any atom is -0.0414 e. The van der Waals surface area contributed by atoms with Crippen LogP contribution in [0.2, 0.25) is 0 Å². The van der Waals surface area contributed by atoms with Crippen molar-refractivity contribution >= 4 is 0 Å². The lowest BCUT2D eigenvalue weighted by Crippen LogP contribution is -1.93. The van der Waals surface area contributed by atoms with Crippen molar-refractivity contribution in [3.8, 4) is 0 Å². The highest BCUT2D eigenvalue weighted by Gasteiger charge is 1.99. The molecule has 1 unspecified atom stereocenters. The molecule has 0 aliphatic rings. The van der Waals surface area contributed by atoms with Gasteiger partial charge in [-0.05, 0) is 18.8 Å². The maximum absolute atomic E-state index is 2.37. The minimum absolute atomic E-state index is 0.913. The van der Waals surface area contributed by atoms with Crippen molar-refractivity contribution in [3.63, 3.8) is 0 Å². The van der Waals surface area contributed by atoms with Gasteiger partial charge in [-0.15, -0.1) is 0 Å². The molecule has 1 radical (unpaired) electrons. The van der Waals surface area contributed by atoms with Crippen molar-refractivity contribution in [1.82, 2.24) is 0 Å². The van der Waals surface area contributed by atoms with E-state index in [0.29, 0.717) is 0 Å². The Morgan fingerprint density at radius 2 is 1.62 bits per heavy atom. The Labute approximate surface area is 85.1 Å². The third-order valence-electron chi connectivity index (χ3n) is 2.69. The highest BCUT2D eigenvalue weighted by molar-refractivity contribution is 4.62. The van der Waals surface area contributed by atoms with Gasteiger partial charge in [-0.2, -0.15) is 0 Å². The van der Waals surface area contributed by atoms with E-state index in [2.05, 4.69) is 27.2 Å². The predicted molar refractivity (Wildman–Crippen MR) is 61.7 cm³/mol. The minimum atomic E-state index is 0.913. The van der Waals surface area contributed by atoms with Crippen molar-refractivity contribution in [2.75, 3.05) is 0 Å². The second kappa shape index (κ2) is 10.1. The van der Waals surface area contributed by atoms with Crippen molar-refractivity contribution in [2.24, 2.45) is 5.92 Å². The van der Waals surface area contributed by atoms with Gasteiger partial charge in [0.05, 0.1) is 0 Å². The molecule has 1 atom stereocenters. The van der Waals surface area contributed by atoms with Crippen LogP contribution < -0.4 is 0 Å². The highest BCUT2D eigenvalue weighted by atomic mass is 14.1. The van der Waals surface area contributed by atoms with Crippen molar-refractivity contribution in [3.05, 3.63) is 6.42 Å². The molecule has 0 saturated carbocycles. The van der Waals surface area contributed by atoms with Crippen LogP contribution in [0.4, 0.5) is 0 Å². The SMILES string of the molecule is C[CH]CC(C)CCCCCCCC. The molecule has 13 heavy (non-hydrogen) atoms. The van der Waals surface area contributed by atoms with Gasteiger partial charge in [-0.25, -0.2) is 0 Å². The second-order valence-corrected chi connectivity index (χ2v) is 4.31. The summed E-state index contributed by atoms with van der Waals surface area (Å²) >= 11 is 0. The van der Waals surface area contributed by atoms with Crippen LogP contribution in [-0.2, 0) is 0 Å². The Balaban J connectivity index is 2.97. The Morgan fingerprint density at radius 3 is 2.23 bits per heavy atom. The second-order valence-electron chi connectivity index (χ2n) is 4.31. The van der Waals surface area contributed by atoms with Crippen LogP contribution in [0.15, 0.2) is 0 Å². The van der Waals surface area contributed by atoms with Crippen LogP contribution in [0.1, 0.15) is 72.1 Å². The van der Waals surface area contributed by atoms with Crippen molar-refractivity contribution in [1.29, 1.82) is 0 Å². The zero-order valence-electron chi connectivity index (χ0n) is 9.81. The summed E-state index contributed by atoms with van der Waals surface area (Å²) < 4.78 is 0. The lowest BCUT2D eigenvalue weighted by atomic mass is 9.98. The average molecular weight is 183 g/mol. The summed E-state index contributed by atoms with van der Waals surface area (Å²) in [7, 11) is 0. The van der Waals surface area contributed by atoms with Gasteiger partial charge >= 0.3 is 0 Å². The molecule has 0 spiro atoms. The number of rotatable bonds is 9. The topological polar surface area (TPSA) is 0 Å². The van der Waals surface area contributed by atoms with E-state index in [-0.39, 0.29) is 0 Å². The quantitative estimate of drug-likeness (QED) is 0.442. The summed E-state index contributed by atoms with van der Waals surface area (Å²) in [5.41, 5.74) is 0. The first-order valence-electron chi connectivity index (χ1n) is 6.09. The van der Waals surface area contributed by atoms with Gasteiger partial charge in [-0.1, -0.05) is 65.7 Å². The molecule has 0 heteroatoms. The van der Waals surface area contributed by atoms with Gasteiger partial charge in [0.2, 0.25) is 0 Å². The van der Waals surface area contributed by atoms with Crippen LogP contribution >= 0.6 is 0 Å². The van der Waals surface area contributed by atoms with Gasteiger partial charge in [0.1, 0.15) is 0 Å². The lowest BCUT2D eigenvalue weighted by molar-refractivity contribution is 0.478. The van der Waals surface area contributed by atoms with E-state index in [1.54, 1.807) is 0 Å². The van der Waals surface area contributed by atoms with Crippen LogP contribution in [0.3, 0.4) is 0 Å². The third-order valence-corrected chi connectivity index (χ3v) is 2.69. The van der Waals surface area contributed by atoms with Crippen LogP contribution in [-0.4, -0.2) is 0 Å². The molecule has 0 N–H and O–H groups in total. The fraction of sp³-hybridized carbons (Fsp3) is 0.923. The number of hydrogen-bond donors (Lipinski definition) is 0. The van der Waals surface area contributed by atoms with Gasteiger partial charge in [0, 0.05) is 0 Å². The summed E-state index contributed by atoms with van der Waals surface area (Å²) in [4.78, 5) is 0. The maximum atomic E-state index is 2.37. The lowest BCUT2D eigenvalue weighted by Gasteiger charge is -2.08. The summed E-state index contributed by atoms with van der Waals surface area (Å²) in [5.74, 6) is 0.913. The van der Waals surface area contributed by atoms with Crippen LogP contribution in [0.5, 0.6) is 0 Å². The normalized spacial score (nSPS) is 13.2. The Kier molecular flexibility index (Phi) is 10.1. The van der Waals surface area contributed by atoms with Gasteiger partial charge in [0.15, 0.2) is 0 Å². The molecule has 0 rings (SSSR count). The molecule has 0 bridgehead atoms. The molecular formula is C13H27. The van der Waals surface area contributed by atoms with E-state index in [0.717, 1.165) is 5.92 Å². The smallest absolute Gasteiger partial charge is 0.0414 e. The van der Waals surface area contributed by atoms with E-state index in [1.807, 2.05) is 0 Å². The molecule has 0 aliphatic carbocycles. The zero-order valence-corrected chi connectivity index (χ0v) is 9.81. The molecule has 0 aliphatic heterocycles. The summed E-state index contributed by atoms with van der Waals surface area (Å²) in [6.07, 6.45) is 13.6. The van der Waals surface area contributed by atoms with E-state index in [1.165, 1.54) is 51.4 Å². The van der Waals surface area contributed by atoms with Crippen LogP contribution in [0.25, 0.3) is 0 Å². The van der Waals surface area contributed by atoms with E-state index in [4.69, 9.17) is 0 Å². The average Bonchev–Trinajstić information content (AvgIpc) is 2.11. The van der Waals surface area contributed by atoms with Crippen molar-refractivity contribution < 1.29 is 0 Å². The Bertz CT molecular complexity index is 86.0. The van der Waals surface area contributed by atoms with Crippen LogP contribution in [0, 0.1) is 12.3 Å². The summed E-state index contributed by atoms with van der Waals surface area (Å²) in [5, 5.41) is 0. The molecule has 0 heterocycles. The van der Waals surface area contributed by atoms with Crippen molar-refractivity contribution in [2.45, 2.75) is 72.1 Å². The first-order chi connectivity index (χ1) is 6.31. The first-order valence-corrected chi connectivity index (χ1v) is 6.09. The Morgan fingerprint density at radius 1 is 1.00 bits per heavy atom. The number of unbranched alkanes of at least 4 members (excludes halogenated alkanes) is 5. The van der Waals surface area contributed by atoms with Gasteiger partial charge in [-0.3, -0.25) is 0 Å². The predicted octanol–water partition coefficient (Wildman–Crippen LogP) is 4.99. The van der Waals surface area contributed by atoms with E-state index in [9.17, 15) is 0 Å². The zero-order chi connectivity index (χ0) is 9.94. The first kappa shape index (κ1) is 13.0. The molecule has 0 fully saturated rings. The molecule has 0 aromatic carbocycles. The molecule has 79 valence electrons. The molecule has 0 aromatic heterocycles. The van der Waals surface area contributed by atoms with E-state index < -0.39 is 0 Å². The van der Waals surface area contributed by atoms with Gasteiger partial charge < -0.3 is 0 Å². The number of hydrogen-bond acceptors (Lipinski definition) is 0. The molecule has 0 saturated heterocycles. The summed E-state index contributed by atoms with van der Waals surface area (Å²) in [6.45, 7) is 6.81. The standard InChI is InChI=1S/C13H27/c1-4-6-7-8-9-10-12-13(3)11-5-2/h5,13H,4,6-12H2,1-3H3. The Hall–Kier alpha value is 0. The van der Waals surface area contributed by atoms with Gasteiger partial charge in [0.25, 0.3) is 0 Å². The van der Waals surface area contributed by atoms with E-state index >= 15 is 0 Å². The minimum Gasteiger partial charge on any atom is -0.0654 e. The fourth-order valence-electron chi connectivity index (χ4n) is 1.79. The fourth-order valence-corrected chi connectivity index (χ4v) is 1.79. The monoisotopic (exact) mass is 183 g/mol. The largest absolute Gasteiger partial charge is 0.0654 e.